The highest BCUT2D eigenvalue weighted by atomic mass is 16.6. The zero-order chi connectivity index (χ0) is 13.0. The molecule has 4 nitrogen and oxygen atoms in total. The molecule has 0 radical (unpaired) electrons. The van der Waals surface area contributed by atoms with Crippen molar-refractivity contribution in [3.8, 4) is 0 Å². The van der Waals surface area contributed by atoms with E-state index in [4.69, 9.17) is 0 Å². The molecule has 0 saturated heterocycles. The summed E-state index contributed by atoms with van der Waals surface area (Å²) in [5, 5.41) is 11.4. The summed E-state index contributed by atoms with van der Waals surface area (Å²) in [4.78, 5) is 22.9. The molecule has 0 N–H and O–H groups in total. The predicted molar refractivity (Wildman–Crippen MR) is 68.9 cm³/mol. The van der Waals surface area contributed by atoms with E-state index in [0.717, 1.165) is 50.5 Å². The highest BCUT2D eigenvalue weighted by Gasteiger charge is 2.36. The molecule has 0 bridgehead atoms. The summed E-state index contributed by atoms with van der Waals surface area (Å²) < 4.78 is 0. The Labute approximate surface area is 108 Å². The van der Waals surface area contributed by atoms with E-state index in [0.29, 0.717) is 12.8 Å². The van der Waals surface area contributed by atoms with Gasteiger partial charge in [-0.25, -0.2) is 0 Å². The first kappa shape index (κ1) is 13.2. The van der Waals surface area contributed by atoms with Gasteiger partial charge in [0.1, 0.15) is 5.78 Å². The molecule has 0 aliphatic heterocycles. The van der Waals surface area contributed by atoms with Crippen LogP contribution in [0.3, 0.4) is 0 Å². The highest BCUT2D eigenvalue weighted by Crippen LogP contribution is 2.32. The largest absolute Gasteiger partial charge is 0.300 e. The Morgan fingerprint density at radius 1 is 1.22 bits per heavy atom. The van der Waals surface area contributed by atoms with Gasteiger partial charge in [-0.2, -0.15) is 0 Å². The topological polar surface area (TPSA) is 60.2 Å². The Morgan fingerprint density at radius 2 is 2.00 bits per heavy atom. The maximum atomic E-state index is 11.7. The van der Waals surface area contributed by atoms with Crippen molar-refractivity contribution in [3.63, 3.8) is 0 Å². The number of carbonyl (C=O) groups is 1. The fourth-order valence-electron chi connectivity index (χ4n) is 3.24. The molecule has 0 aromatic heterocycles. The van der Waals surface area contributed by atoms with Crippen LogP contribution >= 0.6 is 0 Å². The number of hydrogen-bond donors (Lipinski definition) is 0. The monoisotopic (exact) mass is 251 g/mol. The summed E-state index contributed by atoms with van der Waals surface area (Å²) in [7, 11) is 0. The van der Waals surface area contributed by atoms with Crippen molar-refractivity contribution in [1.29, 1.82) is 0 Å². The molecule has 0 aromatic rings. The number of nitro groups is 1. The van der Waals surface area contributed by atoms with E-state index in [1.54, 1.807) is 0 Å². The molecule has 100 valence electrons. The molecule has 0 unspecified atom stereocenters. The highest BCUT2D eigenvalue weighted by molar-refractivity contribution is 5.78. The van der Waals surface area contributed by atoms with Crippen LogP contribution in [-0.2, 0) is 4.79 Å². The molecule has 0 amide bonds. The zero-order valence-corrected chi connectivity index (χ0v) is 10.8. The van der Waals surface area contributed by atoms with Gasteiger partial charge >= 0.3 is 0 Å². The van der Waals surface area contributed by atoms with Crippen LogP contribution in [0.15, 0.2) is 11.6 Å². The lowest BCUT2D eigenvalue weighted by atomic mass is 9.83. The Hall–Kier alpha value is -1.19. The number of hydrogen-bond acceptors (Lipinski definition) is 3. The minimum Gasteiger partial charge on any atom is -0.300 e. The first-order valence-corrected chi connectivity index (χ1v) is 7.02. The first-order chi connectivity index (χ1) is 8.68. The van der Waals surface area contributed by atoms with E-state index < -0.39 is 6.04 Å². The van der Waals surface area contributed by atoms with E-state index in [2.05, 4.69) is 0 Å². The van der Waals surface area contributed by atoms with Gasteiger partial charge in [-0.05, 0) is 44.1 Å². The molecule has 0 spiro atoms. The number of rotatable bonds is 3. The van der Waals surface area contributed by atoms with Gasteiger partial charge in [0.15, 0.2) is 0 Å². The average Bonchev–Trinajstić information content (AvgIpc) is 2.55. The number of carbonyl (C=O) groups excluding carboxylic acids is 1. The third kappa shape index (κ3) is 3.18. The number of Topliss-reactive ketones (excluding diaryl/α,β-unsaturated/α-hetero) is 1. The van der Waals surface area contributed by atoms with Crippen molar-refractivity contribution >= 4 is 5.78 Å². The Morgan fingerprint density at radius 3 is 2.67 bits per heavy atom. The predicted octanol–water partition coefficient (Wildman–Crippen LogP) is 3.28. The van der Waals surface area contributed by atoms with E-state index in [9.17, 15) is 14.9 Å². The molecule has 18 heavy (non-hydrogen) atoms. The van der Waals surface area contributed by atoms with Crippen LogP contribution in [0.4, 0.5) is 0 Å². The number of nitrogens with zero attached hydrogens (tertiary/aromatic N) is 1. The van der Waals surface area contributed by atoms with Crippen LogP contribution in [0.25, 0.3) is 0 Å². The second kappa shape index (κ2) is 6.12. The summed E-state index contributed by atoms with van der Waals surface area (Å²) >= 11 is 0. The van der Waals surface area contributed by atoms with Gasteiger partial charge in [0.05, 0.1) is 0 Å². The van der Waals surface area contributed by atoms with E-state index in [1.807, 2.05) is 6.08 Å². The number of allylic oxidation sites excluding steroid dienone is 1. The van der Waals surface area contributed by atoms with Crippen molar-refractivity contribution in [2.75, 3.05) is 0 Å². The molecule has 2 aliphatic rings. The third-order valence-electron chi connectivity index (χ3n) is 4.15. The summed E-state index contributed by atoms with van der Waals surface area (Å²) in [6, 6.07) is -0.604. The standard InChI is InChI=1S/C14H21NO3/c16-13-9-5-4-8-12(10-13)14(15(17)18)11-6-2-1-3-7-11/h6,12,14H,1-5,7-10H2/t12-,14-/m1/s1. The van der Waals surface area contributed by atoms with Crippen LogP contribution in [0.1, 0.15) is 57.8 Å². The Kier molecular flexibility index (Phi) is 4.50. The van der Waals surface area contributed by atoms with E-state index in [-0.39, 0.29) is 16.6 Å². The van der Waals surface area contributed by atoms with Gasteiger partial charge in [0.25, 0.3) is 0 Å². The van der Waals surface area contributed by atoms with Crippen LogP contribution in [0, 0.1) is 16.0 Å². The van der Waals surface area contributed by atoms with E-state index in [1.165, 1.54) is 0 Å². The van der Waals surface area contributed by atoms with Crippen LogP contribution in [0.5, 0.6) is 0 Å². The fraction of sp³-hybridized carbons (Fsp3) is 0.786. The molecule has 1 saturated carbocycles. The maximum Gasteiger partial charge on any atom is 0.237 e. The van der Waals surface area contributed by atoms with Crippen molar-refractivity contribution < 1.29 is 9.72 Å². The second-order valence-electron chi connectivity index (χ2n) is 5.50. The smallest absolute Gasteiger partial charge is 0.237 e. The molecule has 1 fully saturated rings. The molecular weight excluding hydrogens is 230 g/mol. The summed E-state index contributed by atoms with van der Waals surface area (Å²) in [5.41, 5.74) is 0.978. The van der Waals surface area contributed by atoms with Gasteiger partial charge in [0, 0.05) is 23.7 Å². The zero-order valence-electron chi connectivity index (χ0n) is 10.8. The van der Waals surface area contributed by atoms with Crippen LogP contribution in [-0.4, -0.2) is 16.7 Å². The minimum atomic E-state index is -0.604. The quantitative estimate of drug-likeness (QED) is 0.335. The molecule has 2 aliphatic carbocycles. The van der Waals surface area contributed by atoms with Gasteiger partial charge in [-0.3, -0.25) is 14.9 Å². The molecule has 2 rings (SSSR count). The summed E-state index contributed by atoms with van der Waals surface area (Å²) in [5.74, 6) is 0.139. The lowest BCUT2D eigenvalue weighted by Crippen LogP contribution is -2.32. The lowest BCUT2D eigenvalue weighted by molar-refractivity contribution is -0.522. The van der Waals surface area contributed by atoms with Crippen molar-refractivity contribution in [3.05, 3.63) is 21.8 Å². The normalized spacial score (nSPS) is 27.2. The molecule has 0 heterocycles. The van der Waals surface area contributed by atoms with Gasteiger partial charge in [-0.1, -0.05) is 12.5 Å². The lowest BCUT2D eigenvalue weighted by Gasteiger charge is -2.23. The minimum absolute atomic E-state index is 0.0700. The summed E-state index contributed by atoms with van der Waals surface area (Å²) in [6.07, 6.45) is 9.74. The molecular formula is C14H21NO3. The molecule has 4 heteroatoms. The number of ketones is 1. The fourth-order valence-corrected chi connectivity index (χ4v) is 3.24. The van der Waals surface area contributed by atoms with Gasteiger partial charge in [-0.15, -0.1) is 0 Å². The SMILES string of the molecule is O=C1CCCC[C@@H]([C@@H](C2=CCCCC2)[N+](=O)[O-])C1. The van der Waals surface area contributed by atoms with E-state index >= 15 is 0 Å². The average molecular weight is 251 g/mol. The second-order valence-corrected chi connectivity index (χ2v) is 5.50. The van der Waals surface area contributed by atoms with Crippen molar-refractivity contribution in [2.45, 2.75) is 63.8 Å². The van der Waals surface area contributed by atoms with Crippen molar-refractivity contribution in [2.24, 2.45) is 5.92 Å². The van der Waals surface area contributed by atoms with Crippen LogP contribution < -0.4 is 0 Å². The Bertz CT molecular complexity index is 362. The van der Waals surface area contributed by atoms with Gasteiger partial charge < -0.3 is 0 Å². The third-order valence-corrected chi connectivity index (χ3v) is 4.15. The summed E-state index contributed by atoms with van der Waals surface area (Å²) in [6.45, 7) is 0. The van der Waals surface area contributed by atoms with Crippen molar-refractivity contribution in [1.82, 2.24) is 0 Å². The maximum absolute atomic E-state index is 11.7. The molecule has 2 atom stereocenters. The van der Waals surface area contributed by atoms with Gasteiger partial charge in [0.2, 0.25) is 6.04 Å². The Balaban J connectivity index is 2.15. The molecule has 0 aromatic carbocycles. The van der Waals surface area contributed by atoms with Crippen LogP contribution in [0.2, 0.25) is 0 Å². The first-order valence-electron chi connectivity index (χ1n) is 7.02.